The maximum absolute atomic E-state index is 11.9. The first-order valence-electron chi connectivity index (χ1n) is 5.75. The SMILES string of the molecule is CCOC(=O)/C=C/C=N/S(=O)(=O)c1ccccc1[N+](=O)[O-]. The van der Waals surface area contributed by atoms with Gasteiger partial charge in [0.1, 0.15) is 0 Å². The van der Waals surface area contributed by atoms with Crippen LogP contribution >= 0.6 is 0 Å². The Morgan fingerprint density at radius 1 is 1.43 bits per heavy atom. The number of rotatable bonds is 6. The number of hydrogen-bond acceptors (Lipinski definition) is 6. The number of carbonyl (C=O) groups excluding carboxylic acids is 1. The van der Waals surface area contributed by atoms with Crippen molar-refractivity contribution in [3.63, 3.8) is 0 Å². The van der Waals surface area contributed by atoms with Crippen LogP contribution in [0, 0.1) is 10.1 Å². The van der Waals surface area contributed by atoms with Gasteiger partial charge in [0.25, 0.3) is 15.7 Å². The number of sulfonamides is 1. The third-order valence-corrected chi connectivity index (χ3v) is 3.44. The van der Waals surface area contributed by atoms with Gasteiger partial charge in [-0.05, 0) is 19.1 Å². The van der Waals surface area contributed by atoms with E-state index >= 15 is 0 Å². The molecule has 1 aromatic rings. The number of para-hydroxylation sites is 1. The van der Waals surface area contributed by atoms with E-state index in [1.165, 1.54) is 12.1 Å². The van der Waals surface area contributed by atoms with Gasteiger partial charge in [0.05, 0.1) is 11.5 Å². The number of nitrogens with zero attached hydrogens (tertiary/aromatic N) is 2. The predicted molar refractivity (Wildman–Crippen MR) is 74.5 cm³/mol. The Labute approximate surface area is 121 Å². The van der Waals surface area contributed by atoms with Crippen LogP contribution in [0.5, 0.6) is 0 Å². The number of benzene rings is 1. The maximum Gasteiger partial charge on any atom is 0.330 e. The topological polar surface area (TPSA) is 116 Å². The van der Waals surface area contributed by atoms with Gasteiger partial charge in [0.2, 0.25) is 0 Å². The van der Waals surface area contributed by atoms with Crippen LogP contribution in [0.2, 0.25) is 0 Å². The molecule has 9 heteroatoms. The molecular formula is C12H12N2O6S. The maximum atomic E-state index is 11.9. The molecule has 0 radical (unpaired) electrons. The number of hydrogen-bond donors (Lipinski definition) is 0. The quantitative estimate of drug-likeness (QED) is 0.258. The van der Waals surface area contributed by atoms with E-state index in [0.717, 1.165) is 30.5 Å². The Morgan fingerprint density at radius 2 is 2.10 bits per heavy atom. The summed E-state index contributed by atoms with van der Waals surface area (Å²) in [5, 5.41) is 10.8. The lowest BCUT2D eigenvalue weighted by molar-refractivity contribution is -0.387. The molecule has 0 aliphatic carbocycles. The number of esters is 1. The fourth-order valence-corrected chi connectivity index (χ4v) is 2.31. The summed E-state index contributed by atoms with van der Waals surface area (Å²) < 4.78 is 31.6. The number of nitro groups is 1. The van der Waals surface area contributed by atoms with E-state index in [-0.39, 0.29) is 6.61 Å². The van der Waals surface area contributed by atoms with Crippen LogP contribution in [0.25, 0.3) is 0 Å². The molecule has 0 aliphatic heterocycles. The van der Waals surface area contributed by atoms with Crippen LogP contribution in [-0.2, 0) is 19.6 Å². The molecule has 0 saturated heterocycles. The molecule has 8 nitrogen and oxygen atoms in total. The fourth-order valence-electron chi connectivity index (χ4n) is 1.31. The van der Waals surface area contributed by atoms with Crippen molar-refractivity contribution in [2.45, 2.75) is 11.8 Å². The normalized spacial score (nSPS) is 11.9. The monoisotopic (exact) mass is 312 g/mol. The minimum atomic E-state index is -4.22. The van der Waals surface area contributed by atoms with Gasteiger partial charge in [-0.15, -0.1) is 0 Å². The highest BCUT2D eigenvalue weighted by molar-refractivity contribution is 7.90. The summed E-state index contributed by atoms with van der Waals surface area (Å²) in [7, 11) is -4.22. The zero-order valence-electron chi connectivity index (χ0n) is 11.0. The molecule has 0 amide bonds. The standard InChI is InChI=1S/C12H12N2O6S/c1-2-20-12(15)8-5-9-13-21(18,19)11-7-4-3-6-10(11)14(16)17/h3-9H,2H2,1H3/b8-5+,13-9+. The van der Waals surface area contributed by atoms with Crippen molar-refractivity contribution in [1.29, 1.82) is 0 Å². The summed E-state index contributed by atoms with van der Waals surface area (Å²) in [4.78, 5) is 20.4. The first-order valence-corrected chi connectivity index (χ1v) is 7.19. The fraction of sp³-hybridized carbons (Fsp3) is 0.167. The summed E-state index contributed by atoms with van der Waals surface area (Å²) in [6, 6.07) is 4.85. The van der Waals surface area contributed by atoms with Crippen molar-refractivity contribution in [3.8, 4) is 0 Å². The number of ether oxygens (including phenoxy) is 1. The van der Waals surface area contributed by atoms with E-state index < -0.39 is 31.5 Å². The molecule has 0 aromatic heterocycles. The summed E-state index contributed by atoms with van der Waals surface area (Å²) >= 11 is 0. The van der Waals surface area contributed by atoms with Crippen molar-refractivity contribution in [1.82, 2.24) is 0 Å². The summed E-state index contributed by atoms with van der Waals surface area (Å²) in [6.07, 6.45) is 2.91. The predicted octanol–water partition coefficient (Wildman–Crippen LogP) is 1.47. The molecule has 0 heterocycles. The second-order valence-electron chi connectivity index (χ2n) is 3.57. The second kappa shape index (κ2) is 7.29. The lowest BCUT2D eigenvalue weighted by Crippen LogP contribution is -2.02. The highest BCUT2D eigenvalue weighted by Crippen LogP contribution is 2.24. The van der Waals surface area contributed by atoms with E-state index in [1.807, 2.05) is 0 Å². The largest absolute Gasteiger partial charge is 0.463 e. The van der Waals surface area contributed by atoms with Crippen LogP contribution in [0.3, 0.4) is 0 Å². The molecule has 0 fully saturated rings. The number of carbonyl (C=O) groups is 1. The van der Waals surface area contributed by atoms with Gasteiger partial charge in [-0.2, -0.15) is 12.8 Å². The van der Waals surface area contributed by atoms with Gasteiger partial charge in [-0.25, -0.2) is 4.79 Å². The molecule has 112 valence electrons. The van der Waals surface area contributed by atoms with Gasteiger partial charge in [0, 0.05) is 18.4 Å². The van der Waals surface area contributed by atoms with Crippen LogP contribution in [0.15, 0.2) is 45.7 Å². The average Bonchev–Trinajstić information content (AvgIpc) is 2.44. The first kappa shape index (κ1) is 16.5. The summed E-state index contributed by atoms with van der Waals surface area (Å²) in [5.74, 6) is -0.646. The van der Waals surface area contributed by atoms with E-state index in [0.29, 0.717) is 0 Å². The molecule has 0 atom stereocenters. The Hall–Kier alpha value is -2.55. The minimum absolute atomic E-state index is 0.189. The molecule has 1 aromatic carbocycles. The molecule has 0 bridgehead atoms. The molecule has 0 aliphatic rings. The lowest BCUT2D eigenvalue weighted by Gasteiger charge is -1.99. The average molecular weight is 312 g/mol. The van der Waals surface area contributed by atoms with Crippen molar-refractivity contribution >= 4 is 27.9 Å². The van der Waals surface area contributed by atoms with Gasteiger partial charge < -0.3 is 4.74 Å². The van der Waals surface area contributed by atoms with Crippen molar-refractivity contribution in [2.24, 2.45) is 4.40 Å². The van der Waals surface area contributed by atoms with Crippen LogP contribution < -0.4 is 0 Å². The van der Waals surface area contributed by atoms with Crippen molar-refractivity contribution in [3.05, 3.63) is 46.5 Å². The van der Waals surface area contributed by atoms with E-state index in [9.17, 15) is 23.3 Å². The highest BCUT2D eigenvalue weighted by atomic mass is 32.2. The molecule has 0 saturated carbocycles. The zero-order valence-corrected chi connectivity index (χ0v) is 11.8. The molecule has 1 rings (SSSR count). The Balaban J connectivity index is 2.98. The first-order chi connectivity index (χ1) is 9.88. The Kier molecular flexibility index (Phi) is 5.73. The van der Waals surface area contributed by atoms with Crippen LogP contribution in [-0.4, -0.2) is 32.1 Å². The Morgan fingerprint density at radius 3 is 2.71 bits per heavy atom. The lowest BCUT2D eigenvalue weighted by atomic mass is 10.3. The molecule has 21 heavy (non-hydrogen) atoms. The van der Waals surface area contributed by atoms with Gasteiger partial charge in [-0.1, -0.05) is 12.1 Å². The molecule has 0 unspecified atom stereocenters. The van der Waals surface area contributed by atoms with Crippen LogP contribution in [0.1, 0.15) is 6.92 Å². The van der Waals surface area contributed by atoms with Crippen molar-refractivity contribution in [2.75, 3.05) is 6.61 Å². The van der Waals surface area contributed by atoms with Gasteiger partial charge >= 0.3 is 5.97 Å². The summed E-state index contributed by atoms with van der Waals surface area (Å²) in [6.45, 7) is 1.81. The second-order valence-corrected chi connectivity index (χ2v) is 5.17. The van der Waals surface area contributed by atoms with Crippen molar-refractivity contribution < 1.29 is 22.9 Å². The summed E-state index contributed by atoms with van der Waals surface area (Å²) in [5.41, 5.74) is -0.566. The van der Waals surface area contributed by atoms with E-state index in [1.54, 1.807) is 6.92 Å². The molecule has 0 N–H and O–H groups in total. The third-order valence-electron chi connectivity index (χ3n) is 2.14. The smallest absolute Gasteiger partial charge is 0.330 e. The van der Waals surface area contributed by atoms with Gasteiger partial charge in [0.15, 0.2) is 4.90 Å². The molecule has 0 spiro atoms. The third kappa shape index (κ3) is 4.80. The Bertz CT molecular complexity index is 693. The number of allylic oxidation sites excluding steroid dienone is 1. The zero-order chi connectivity index (χ0) is 15.9. The van der Waals surface area contributed by atoms with E-state index in [4.69, 9.17) is 0 Å². The van der Waals surface area contributed by atoms with E-state index in [2.05, 4.69) is 9.13 Å². The highest BCUT2D eigenvalue weighted by Gasteiger charge is 2.23. The minimum Gasteiger partial charge on any atom is -0.463 e. The van der Waals surface area contributed by atoms with Gasteiger partial charge in [-0.3, -0.25) is 10.1 Å². The molecular weight excluding hydrogens is 300 g/mol. The number of nitro benzene ring substituents is 1. The van der Waals surface area contributed by atoms with Crippen LogP contribution in [0.4, 0.5) is 5.69 Å².